The summed E-state index contributed by atoms with van der Waals surface area (Å²) in [6.07, 6.45) is 2.00. The summed E-state index contributed by atoms with van der Waals surface area (Å²) in [6, 6.07) is 8.07. The lowest BCUT2D eigenvalue weighted by Gasteiger charge is -2.26. The van der Waals surface area contributed by atoms with E-state index in [1.54, 1.807) is 0 Å². The van der Waals surface area contributed by atoms with Gasteiger partial charge in [0.1, 0.15) is 15.5 Å². The van der Waals surface area contributed by atoms with Gasteiger partial charge in [-0.1, -0.05) is 6.07 Å². The Kier molecular flexibility index (Phi) is 5.48. The number of nitrogen functional groups attached to an aromatic ring is 1. The number of aliphatic hydroxyl groups excluding tert-OH is 1. The van der Waals surface area contributed by atoms with Crippen molar-refractivity contribution in [2.24, 2.45) is 0 Å². The number of nitrogens with two attached hydrogens (primary N) is 1. The quantitative estimate of drug-likeness (QED) is 0.475. The maximum atomic E-state index is 13.0. The van der Waals surface area contributed by atoms with Gasteiger partial charge < -0.3 is 26.4 Å². The number of anilines is 2. The lowest BCUT2D eigenvalue weighted by Crippen LogP contribution is -2.39. The minimum atomic E-state index is -0.391. The van der Waals surface area contributed by atoms with Gasteiger partial charge in [0.15, 0.2) is 0 Å². The number of hydrogen-bond acceptors (Lipinski definition) is 8. The fourth-order valence-corrected chi connectivity index (χ4v) is 5.71. The van der Waals surface area contributed by atoms with Gasteiger partial charge in [-0.2, -0.15) is 0 Å². The summed E-state index contributed by atoms with van der Waals surface area (Å²) in [5, 5.41) is 17.3. The van der Waals surface area contributed by atoms with Crippen LogP contribution in [0.4, 0.5) is 11.5 Å². The van der Waals surface area contributed by atoms with Crippen molar-refractivity contribution in [1.29, 1.82) is 0 Å². The molecule has 0 aromatic carbocycles. The summed E-state index contributed by atoms with van der Waals surface area (Å²) >= 11 is 1.35. The SMILES string of the molecule is CN[C@@H]1CN(c2ccc3c(n2)CC[C@H](NC(=O)c2sc4nc(C)ccc4c2N)C3)CC1O. The molecule has 0 spiro atoms. The van der Waals surface area contributed by atoms with Gasteiger partial charge >= 0.3 is 0 Å². The van der Waals surface area contributed by atoms with Crippen molar-refractivity contribution in [3.63, 3.8) is 0 Å². The Labute approximate surface area is 190 Å². The predicted molar refractivity (Wildman–Crippen MR) is 127 cm³/mol. The molecule has 9 heteroatoms. The van der Waals surface area contributed by atoms with E-state index < -0.39 is 6.10 Å². The third-order valence-corrected chi connectivity index (χ3v) is 7.62. The maximum absolute atomic E-state index is 13.0. The minimum Gasteiger partial charge on any atom is -0.397 e. The molecule has 0 radical (unpaired) electrons. The number of likely N-dealkylation sites (N-methyl/N-ethyl adjacent to an activating group) is 1. The Balaban J connectivity index is 1.28. The summed E-state index contributed by atoms with van der Waals surface area (Å²) in [7, 11) is 1.87. The molecular weight excluding hydrogens is 424 g/mol. The smallest absolute Gasteiger partial charge is 0.263 e. The average Bonchev–Trinajstić information content (AvgIpc) is 3.32. The summed E-state index contributed by atoms with van der Waals surface area (Å²) in [5.74, 6) is 0.772. The fourth-order valence-electron chi connectivity index (χ4n) is 4.67. The Hall–Kier alpha value is -2.75. The van der Waals surface area contributed by atoms with Gasteiger partial charge in [0.2, 0.25) is 0 Å². The van der Waals surface area contributed by atoms with E-state index in [9.17, 15) is 9.90 Å². The molecule has 4 heterocycles. The lowest BCUT2D eigenvalue weighted by atomic mass is 9.91. The van der Waals surface area contributed by atoms with Gasteiger partial charge in [0, 0.05) is 35.9 Å². The van der Waals surface area contributed by atoms with Crippen LogP contribution < -0.4 is 21.3 Å². The van der Waals surface area contributed by atoms with E-state index in [2.05, 4.69) is 26.6 Å². The maximum Gasteiger partial charge on any atom is 0.263 e. The van der Waals surface area contributed by atoms with Crippen molar-refractivity contribution < 1.29 is 9.90 Å². The lowest BCUT2D eigenvalue weighted by molar-refractivity contribution is 0.0938. The number of aromatic nitrogens is 2. The molecule has 1 amide bonds. The molecule has 168 valence electrons. The normalized spacial score (nSPS) is 22.8. The first-order valence-corrected chi connectivity index (χ1v) is 11.8. The summed E-state index contributed by atoms with van der Waals surface area (Å²) in [6.45, 7) is 3.26. The number of rotatable bonds is 4. The molecule has 0 saturated carbocycles. The molecule has 1 unspecified atom stereocenters. The van der Waals surface area contributed by atoms with Crippen LogP contribution >= 0.6 is 11.3 Å². The number of carbonyl (C=O) groups is 1. The van der Waals surface area contributed by atoms with Crippen LogP contribution in [-0.2, 0) is 12.8 Å². The average molecular weight is 453 g/mol. The van der Waals surface area contributed by atoms with Crippen molar-refractivity contribution in [2.45, 2.75) is 44.4 Å². The highest BCUT2D eigenvalue weighted by Gasteiger charge is 2.31. The number of aliphatic hydroxyl groups is 1. The van der Waals surface area contributed by atoms with E-state index in [0.717, 1.165) is 58.8 Å². The number of pyridine rings is 2. The standard InChI is InChI=1S/C23H28N6O2S/c1-12-3-6-15-20(24)21(32-23(15)26-12)22(31)27-14-5-7-16-13(9-14)4-8-19(28-16)29-10-17(25-2)18(30)11-29/h3-4,6,8,14,17-18,25,30H,5,7,9-11,24H2,1-2H3,(H,27,31)/t14-,17+,18?/m0/s1. The number of aryl methyl sites for hydroxylation is 2. The molecule has 3 atom stereocenters. The second-order valence-electron chi connectivity index (χ2n) is 8.71. The zero-order chi connectivity index (χ0) is 22.4. The Bertz CT molecular complexity index is 1180. The van der Waals surface area contributed by atoms with E-state index in [-0.39, 0.29) is 18.0 Å². The fraction of sp³-hybridized carbons (Fsp3) is 0.435. The number of carbonyl (C=O) groups excluding carboxylic acids is 1. The van der Waals surface area contributed by atoms with E-state index in [1.807, 2.05) is 32.2 Å². The highest BCUT2D eigenvalue weighted by atomic mass is 32.1. The number of fused-ring (bicyclic) bond motifs is 2. The van der Waals surface area contributed by atoms with Crippen molar-refractivity contribution in [1.82, 2.24) is 20.6 Å². The van der Waals surface area contributed by atoms with Crippen molar-refractivity contribution in [3.05, 3.63) is 46.1 Å². The van der Waals surface area contributed by atoms with Gasteiger partial charge in [0.25, 0.3) is 5.91 Å². The van der Waals surface area contributed by atoms with Crippen molar-refractivity contribution in [3.8, 4) is 0 Å². The van der Waals surface area contributed by atoms with Crippen LogP contribution in [0.15, 0.2) is 24.3 Å². The van der Waals surface area contributed by atoms with Gasteiger partial charge in [-0.05, 0) is 57.0 Å². The zero-order valence-electron chi connectivity index (χ0n) is 18.3. The molecule has 5 N–H and O–H groups in total. The van der Waals surface area contributed by atoms with Gasteiger partial charge in [-0.15, -0.1) is 11.3 Å². The van der Waals surface area contributed by atoms with E-state index in [4.69, 9.17) is 10.7 Å². The molecule has 2 aliphatic rings. The number of nitrogens with zero attached hydrogens (tertiary/aromatic N) is 3. The molecular formula is C23H28N6O2S. The van der Waals surface area contributed by atoms with E-state index in [1.165, 1.54) is 11.3 Å². The first-order chi connectivity index (χ1) is 15.4. The van der Waals surface area contributed by atoms with Gasteiger partial charge in [0.05, 0.1) is 17.8 Å². The number of β-amino-alcohol motifs (C(OH)–C–C–N with tert-alkyl or cyclic N) is 1. The highest BCUT2D eigenvalue weighted by molar-refractivity contribution is 7.21. The largest absolute Gasteiger partial charge is 0.397 e. The molecule has 8 nitrogen and oxygen atoms in total. The number of thiophene rings is 1. The molecule has 1 saturated heterocycles. The molecule has 1 aliphatic carbocycles. The second kappa shape index (κ2) is 8.31. The van der Waals surface area contributed by atoms with Crippen LogP contribution in [0, 0.1) is 6.92 Å². The van der Waals surface area contributed by atoms with Gasteiger partial charge in [-0.3, -0.25) is 4.79 Å². The van der Waals surface area contributed by atoms with Crippen molar-refractivity contribution >= 4 is 39.0 Å². The molecule has 5 rings (SSSR count). The Morgan fingerprint density at radius 3 is 2.88 bits per heavy atom. The third-order valence-electron chi connectivity index (χ3n) is 6.51. The first-order valence-electron chi connectivity index (χ1n) is 11.0. The topological polar surface area (TPSA) is 116 Å². The van der Waals surface area contributed by atoms with Crippen molar-refractivity contribution in [2.75, 3.05) is 30.8 Å². The minimum absolute atomic E-state index is 0.0456. The van der Waals surface area contributed by atoms with Crippen LogP contribution in [0.3, 0.4) is 0 Å². The number of hydrogen-bond donors (Lipinski definition) is 4. The van der Waals surface area contributed by atoms with E-state index >= 15 is 0 Å². The molecule has 32 heavy (non-hydrogen) atoms. The third kappa shape index (κ3) is 3.80. The first kappa shape index (κ1) is 21.1. The van der Waals surface area contributed by atoms with Crippen LogP contribution in [-0.4, -0.2) is 59.3 Å². The van der Waals surface area contributed by atoms with Crippen LogP contribution in [0.1, 0.15) is 33.0 Å². The van der Waals surface area contributed by atoms with E-state index in [0.29, 0.717) is 17.1 Å². The Morgan fingerprint density at radius 2 is 2.09 bits per heavy atom. The number of nitrogens with one attached hydrogen (secondary N) is 2. The molecule has 0 bridgehead atoms. The summed E-state index contributed by atoms with van der Waals surface area (Å²) < 4.78 is 0. The van der Waals surface area contributed by atoms with Crippen LogP contribution in [0.25, 0.3) is 10.2 Å². The molecule has 3 aromatic heterocycles. The summed E-state index contributed by atoms with van der Waals surface area (Å²) in [4.78, 5) is 25.8. The van der Waals surface area contributed by atoms with Gasteiger partial charge in [-0.25, -0.2) is 9.97 Å². The van der Waals surface area contributed by atoms with Crippen LogP contribution in [0.2, 0.25) is 0 Å². The molecule has 1 fully saturated rings. The zero-order valence-corrected chi connectivity index (χ0v) is 19.1. The highest BCUT2D eigenvalue weighted by Crippen LogP contribution is 2.33. The monoisotopic (exact) mass is 452 g/mol. The summed E-state index contributed by atoms with van der Waals surface area (Å²) in [5.41, 5.74) is 9.91. The Morgan fingerprint density at radius 1 is 1.25 bits per heavy atom. The number of amides is 1. The second-order valence-corrected chi connectivity index (χ2v) is 9.71. The molecule has 1 aliphatic heterocycles. The molecule has 3 aromatic rings. The predicted octanol–water partition coefficient (Wildman–Crippen LogP) is 1.64. The van der Waals surface area contributed by atoms with Crippen LogP contribution in [0.5, 0.6) is 0 Å².